The fourth-order valence-corrected chi connectivity index (χ4v) is 3.87. The topological polar surface area (TPSA) is 94.2 Å². The first-order valence-corrected chi connectivity index (χ1v) is 11.8. The minimum atomic E-state index is -3.47. The Labute approximate surface area is 184 Å². The Balaban J connectivity index is 1.79. The van der Waals surface area contributed by atoms with Crippen molar-refractivity contribution in [3.05, 3.63) is 48.5 Å². The normalized spacial score (nSPS) is 12.0. The SMILES string of the molecule is COc1ccc(OC[C@H](C)NC(=O)CCCN(c2ccc(OC)cc2)S(C)(=O)=O)cc1. The molecule has 170 valence electrons. The van der Waals surface area contributed by atoms with Crippen LogP contribution in [-0.2, 0) is 14.8 Å². The van der Waals surface area contributed by atoms with Crippen molar-refractivity contribution in [2.24, 2.45) is 0 Å². The molecule has 1 atom stereocenters. The summed E-state index contributed by atoms with van der Waals surface area (Å²) in [5.74, 6) is 1.91. The molecule has 0 heterocycles. The highest BCUT2D eigenvalue weighted by atomic mass is 32.2. The molecule has 2 aromatic carbocycles. The van der Waals surface area contributed by atoms with Gasteiger partial charge in [-0.15, -0.1) is 0 Å². The predicted molar refractivity (Wildman–Crippen MR) is 121 cm³/mol. The van der Waals surface area contributed by atoms with Gasteiger partial charge >= 0.3 is 0 Å². The maximum atomic E-state index is 12.2. The number of benzene rings is 2. The van der Waals surface area contributed by atoms with Crippen LogP contribution >= 0.6 is 0 Å². The van der Waals surface area contributed by atoms with Crippen molar-refractivity contribution in [1.82, 2.24) is 5.32 Å². The number of hydrogen-bond donors (Lipinski definition) is 1. The van der Waals surface area contributed by atoms with Crippen molar-refractivity contribution in [3.8, 4) is 17.2 Å². The van der Waals surface area contributed by atoms with Crippen LogP contribution in [0.25, 0.3) is 0 Å². The molecule has 0 aliphatic carbocycles. The van der Waals surface area contributed by atoms with Crippen LogP contribution in [-0.4, -0.2) is 54.0 Å². The van der Waals surface area contributed by atoms with E-state index in [-0.39, 0.29) is 24.9 Å². The number of rotatable bonds is 12. The number of anilines is 1. The molecular weight excluding hydrogens is 420 g/mol. The standard InChI is InChI=1S/C22H30N2O6S/c1-17(16-30-21-13-11-20(29-3)12-14-21)23-22(25)6-5-15-24(31(4,26)27)18-7-9-19(28-2)10-8-18/h7-14,17H,5-6,15-16H2,1-4H3,(H,23,25)/t17-/m0/s1. The Morgan fingerprint density at radius 1 is 0.968 bits per heavy atom. The van der Waals surface area contributed by atoms with E-state index in [9.17, 15) is 13.2 Å². The van der Waals surface area contributed by atoms with Gasteiger partial charge in [-0.2, -0.15) is 0 Å². The van der Waals surface area contributed by atoms with Crippen molar-refractivity contribution >= 4 is 21.6 Å². The summed E-state index contributed by atoms with van der Waals surface area (Å²) >= 11 is 0. The van der Waals surface area contributed by atoms with Crippen LogP contribution in [0, 0.1) is 0 Å². The lowest BCUT2D eigenvalue weighted by molar-refractivity contribution is -0.121. The summed E-state index contributed by atoms with van der Waals surface area (Å²) in [6.07, 6.45) is 1.74. The van der Waals surface area contributed by atoms with Gasteiger partial charge in [0.15, 0.2) is 0 Å². The number of sulfonamides is 1. The summed E-state index contributed by atoms with van der Waals surface area (Å²) in [7, 11) is -0.328. The first kappa shape index (κ1) is 24.3. The van der Waals surface area contributed by atoms with Crippen LogP contribution in [0.2, 0.25) is 0 Å². The molecule has 0 fully saturated rings. The third-order valence-corrected chi connectivity index (χ3v) is 5.69. The molecule has 9 heteroatoms. The highest BCUT2D eigenvalue weighted by molar-refractivity contribution is 7.92. The smallest absolute Gasteiger partial charge is 0.232 e. The summed E-state index contributed by atoms with van der Waals surface area (Å²) < 4.78 is 41.5. The summed E-state index contributed by atoms with van der Waals surface area (Å²) in [6.45, 7) is 2.37. The number of carbonyl (C=O) groups excluding carboxylic acids is 1. The van der Waals surface area contributed by atoms with Gasteiger partial charge in [0.25, 0.3) is 0 Å². The van der Waals surface area contributed by atoms with E-state index >= 15 is 0 Å². The molecule has 1 amide bonds. The fraction of sp³-hybridized carbons (Fsp3) is 0.409. The minimum Gasteiger partial charge on any atom is -0.497 e. The Morgan fingerprint density at radius 3 is 2.00 bits per heavy atom. The molecule has 31 heavy (non-hydrogen) atoms. The van der Waals surface area contributed by atoms with Gasteiger partial charge in [0.05, 0.1) is 32.2 Å². The number of methoxy groups -OCH3 is 2. The molecule has 8 nitrogen and oxygen atoms in total. The molecule has 0 radical (unpaired) electrons. The number of nitrogens with one attached hydrogen (secondary N) is 1. The van der Waals surface area contributed by atoms with Crippen LogP contribution in [0.5, 0.6) is 17.2 Å². The Morgan fingerprint density at radius 2 is 1.48 bits per heavy atom. The molecular formula is C22H30N2O6S. The van der Waals surface area contributed by atoms with E-state index in [0.29, 0.717) is 30.2 Å². The first-order valence-electron chi connectivity index (χ1n) is 9.91. The van der Waals surface area contributed by atoms with Crippen molar-refractivity contribution < 1.29 is 27.4 Å². The number of amides is 1. The van der Waals surface area contributed by atoms with Crippen LogP contribution in [0.3, 0.4) is 0 Å². The first-order chi connectivity index (χ1) is 14.7. The lowest BCUT2D eigenvalue weighted by atomic mass is 10.2. The molecule has 0 aromatic heterocycles. The molecule has 0 spiro atoms. The van der Waals surface area contributed by atoms with Crippen LogP contribution in [0.4, 0.5) is 5.69 Å². The zero-order valence-electron chi connectivity index (χ0n) is 18.3. The maximum Gasteiger partial charge on any atom is 0.232 e. The van der Waals surface area contributed by atoms with Crippen molar-refractivity contribution in [2.45, 2.75) is 25.8 Å². The quantitative estimate of drug-likeness (QED) is 0.534. The summed E-state index contributed by atoms with van der Waals surface area (Å²) in [5.41, 5.74) is 0.532. The van der Waals surface area contributed by atoms with Gasteiger partial charge in [0.2, 0.25) is 15.9 Å². The van der Waals surface area contributed by atoms with E-state index in [1.165, 1.54) is 4.31 Å². The highest BCUT2D eigenvalue weighted by Crippen LogP contribution is 2.22. The minimum absolute atomic E-state index is 0.158. The Hall–Kier alpha value is -2.94. The third-order valence-electron chi connectivity index (χ3n) is 4.49. The Kier molecular flexibility index (Phi) is 8.99. The predicted octanol–water partition coefficient (Wildman–Crippen LogP) is 2.83. The van der Waals surface area contributed by atoms with E-state index in [4.69, 9.17) is 14.2 Å². The Bertz CT molecular complexity index is 929. The molecule has 0 saturated heterocycles. The molecule has 1 N–H and O–H groups in total. The van der Waals surface area contributed by atoms with Crippen molar-refractivity contribution in [2.75, 3.05) is 37.9 Å². The molecule has 0 aliphatic heterocycles. The van der Waals surface area contributed by atoms with Crippen LogP contribution in [0.1, 0.15) is 19.8 Å². The van der Waals surface area contributed by atoms with E-state index in [0.717, 1.165) is 12.0 Å². The second-order valence-electron chi connectivity index (χ2n) is 7.09. The molecule has 0 saturated carbocycles. The van der Waals surface area contributed by atoms with Crippen molar-refractivity contribution in [3.63, 3.8) is 0 Å². The van der Waals surface area contributed by atoms with Gasteiger partial charge in [-0.05, 0) is 61.9 Å². The van der Waals surface area contributed by atoms with E-state index in [2.05, 4.69) is 5.32 Å². The second-order valence-corrected chi connectivity index (χ2v) is 9.00. The van der Waals surface area contributed by atoms with Gasteiger partial charge in [-0.1, -0.05) is 0 Å². The van der Waals surface area contributed by atoms with E-state index in [1.807, 2.05) is 6.92 Å². The average Bonchev–Trinajstić information content (AvgIpc) is 2.75. The molecule has 0 aliphatic rings. The highest BCUT2D eigenvalue weighted by Gasteiger charge is 2.18. The van der Waals surface area contributed by atoms with Gasteiger partial charge < -0.3 is 19.5 Å². The number of carbonyl (C=O) groups is 1. The van der Waals surface area contributed by atoms with Crippen molar-refractivity contribution in [1.29, 1.82) is 0 Å². The molecule has 0 unspecified atom stereocenters. The van der Waals surface area contributed by atoms with Crippen LogP contribution < -0.4 is 23.8 Å². The van der Waals surface area contributed by atoms with Crippen LogP contribution in [0.15, 0.2) is 48.5 Å². The number of hydrogen-bond acceptors (Lipinski definition) is 6. The lowest BCUT2D eigenvalue weighted by Gasteiger charge is -2.22. The summed E-state index contributed by atoms with van der Waals surface area (Å²) in [5, 5.41) is 2.87. The second kappa shape index (κ2) is 11.5. The molecule has 0 bridgehead atoms. The number of ether oxygens (including phenoxy) is 3. The molecule has 2 rings (SSSR count). The third kappa shape index (κ3) is 8.01. The zero-order chi connectivity index (χ0) is 22.9. The summed E-state index contributed by atoms with van der Waals surface area (Å²) in [6, 6.07) is 13.8. The number of nitrogens with zero attached hydrogens (tertiary/aromatic N) is 1. The van der Waals surface area contributed by atoms with Gasteiger partial charge in [0.1, 0.15) is 23.9 Å². The van der Waals surface area contributed by atoms with Gasteiger partial charge in [0, 0.05) is 13.0 Å². The van der Waals surface area contributed by atoms with Gasteiger partial charge in [-0.25, -0.2) is 8.42 Å². The van der Waals surface area contributed by atoms with Gasteiger partial charge in [-0.3, -0.25) is 9.10 Å². The largest absolute Gasteiger partial charge is 0.497 e. The zero-order valence-corrected chi connectivity index (χ0v) is 19.1. The monoisotopic (exact) mass is 450 g/mol. The molecule has 2 aromatic rings. The lowest BCUT2D eigenvalue weighted by Crippen LogP contribution is -2.37. The fourth-order valence-electron chi connectivity index (χ4n) is 2.90. The average molecular weight is 451 g/mol. The van der Waals surface area contributed by atoms with E-state index in [1.54, 1.807) is 62.8 Å². The van der Waals surface area contributed by atoms with E-state index < -0.39 is 10.0 Å². The summed E-state index contributed by atoms with van der Waals surface area (Å²) in [4.78, 5) is 12.2. The maximum absolute atomic E-state index is 12.2.